The third-order valence-electron chi connectivity index (χ3n) is 4.70. The van der Waals surface area contributed by atoms with Gasteiger partial charge in [0.2, 0.25) is 11.8 Å². The number of amides is 1. The molecule has 0 radical (unpaired) electrons. The van der Waals surface area contributed by atoms with Crippen molar-refractivity contribution in [3.8, 4) is 0 Å². The molecule has 1 aromatic carbocycles. The van der Waals surface area contributed by atoms with E-state index in [1.165, 1.54) is 0 Å². The molecule has 0 spiro atoms. The molecule has 0 atom stereocenters. The molecule has 0 unspecified atom stereocenters. The Morgan fingerprint density at radius 3 is 2.50 bits per heavy atom. The minimum atomic E-state index is -0.0585. The molecule has 1 amide bonds. The molecular weight excluding hydrogens is 354 g/mol. The summed E-state index contributed by atoms with van der Waals surface area (Å²) in [6, 6.07) is 8.06. The predicted octanol–water partition coefficient (Wildman–Crippen LogP) is 2.96. The minimum Gasteiger partial charge on any atom is -0.443 e. The van der Waals surface area contributed by atoms with Crippen LogP contribution in [0.4, 0.5) is 5.69 Å². The Hall–Kier alpha value is -2.83. The lowest BCUT2D eigenvalue weighted by molar-refractivity contribution is -0.117. The maximum atomic E-state index is 11.8. The number of oxazole rings is 1. The standard InChI is InChI=1S/C21H29N5O2/c1-21(2,3)17-13-23-18(28-17)14-25-20(22-4)24-12-15-7-9-16(10-8-15)26-11-5-6-19(26)27/h7-10,13H,5-6,11-12,14H2,1-4H3,(H2,22,24,25). The average molecular weight is 383 g/mol. The highest BCUT2D eigenvalue weighted by molar-refractivity contribution is 5.95. The summed E-state index contributed by atoms with van der Waals surface area (Å²) in [6.07, 6.45) is 3.36. The highest BCUT2D eigenvalue weighted by atomic mass is 16.4. The topological polar surface area (TPSA) is 82.8 Å². The van der Waals surface area contributed by atoms with E-state index in [4.69, 9.17) is 4.42 Å². The van der Waals surface area contributed by atoms with Crippen molar-refractivity contribution in [1.29, 1.82) is 0 Å². The molecule has 2 N–H and O–H groups in total. The zero-order valence-electron chi connectivity index (χ0n) is 17.1. The van der Waals surface area contributed by atoms with Crippen LogP contribution in [-0.4, -0.2) is 30.4 Å². The SMILES string of the molecule is CN=C(NCc1ccc(N2CCCC2=O)cc1)NCc1ncc(C(C)(C)C)o1. The Morgan fingerprint density at radius 2 is 1.93 bits per heavy atom. The van der Waals surface area contributed by atoms with E-state index in [9.17, 15) is 4.79 Å². The number of rotatable bonds is 5. The number of aliphatic imine (C=N–C) groups is 1. The molecule has 0 aliphatic carbocycles. The molecule has 1 aliphatic rings. The van der Waals surface area contributed by atoms with E-state index < -0.39 is 0 Å². The molecule has 0 bridgehead atoms. The van der Waals surface area contributed by atoms with Crippen LogP contribution in [0.2, 0.25) is 0 Å². The summed E-state index contributed by atoms with van der Waals surface area (Å²) in [5.74, 6) is 2.38. The minimum absolute atomic E-state index is 0.0585. The number of carbonyl (C=O) groups is 1. The second kappa shape index (κ2) is 8.46. The molecule has 1 aromatic heterocycles. The summed E-state index contributed by atoms with van der Waals surface area (Å²) in [5.41, 5.74) is 2.02. The average Bonchev–Trinajstić information content (AvgIpc) is 3.31. The number of aromatic nitrogens is 1. The maximum Gasteiger partial charge on any atom is 0.227 e. The third-order valence-corrected chi connectivity index (χ3v) is 4.70. The highest BCUT2D eigenvalue weighted by Crippen LogP contribution is 2.23. The van der Waals surface area contributed by atoms with Gasteiger partial charge in [-0.15, -0.1) is 0 Å². The number of nitrogens with one attached hydrogen (secondary N) is 2. The fourth-order valence-electron chi connectivity index (χ4n) is 3.02. The Kier molecular flexibility index (Phi) is 6.02. The summed E-state index contributed by atoms with van der Waals surface area (Å²) in [4.78, 5) is 22.2. The van der Waals surface area contributed by atoms with Gasteiger partial charge in [0.25, 0.3) is 0 Å². The molecule has 7 heteroatoms. The van der Waals surface area contributed by atoms with Crippen molar-refractivity contribution in [2.75, 3.05) is 18.5 Å². The van der Waals surface area contributed by atoms with Gasteiger partial charge in [0.1, 0.15) is 5.76 Å². The summed E-state index contributed by atoms with van der Waals surface area (Å²) in [5, 5.41) is 6.49. The van der Waals surface area contributed by atoms with E-state index in [1.807, 2.05) is 29.2 Å². The quantitative estimate of drug-likeness (QED) is 0.613. The Morgan fingerprint density at radius 1 is 1.21 bits per heavy atom. The van der Waals surface area contributed by atoms with Crippen molar-refractivity contribution in [2.24, 2.45) is 4.99 Å². The molecule has 2 heterocycles. The van der Waals surface area contributed by atoms with Crippen LogP contribution in [0.3, 0.4) is 0 Å². The van der Waals surface area contributed by atoms with Crippen LogP contribution >= 0.6 is 0 Å². The lowest BCUT2D eigenvalue weighted by Gasteiger charge is -2.16. The smallest absolute Gasteiger partial charge is 0.227 e. The lowest BCUT2D eigenvalue weighted by Crippen LogP contribution is -2.36. The highest BCUT2D eigenvalue weighted by Gasteiger charge is 2.21. The van der Waals surface area contributed by atoms with E-state index in [0.717, 1.165) is 30.0 Å². The van der Waals surface area contributed by atoms with Crippen molar-refractivity contribution < 1.29 is 9.21 Å². The molecule has 1 aliphatic heterocycles. The molecular formula is C21H29N5O2. The second-order valence-corrected chi connectivity index (χ2v) is 7.96. The van der Waals surface area contributed by atoms with Crippen molar-refractivity contribution >= 4 is 17.6 Å². The van der Waals surface area contributed by atoms with E-state index >= 15 is 0 Å². The van der Waals surface area contributed by atoms with E-state index in [1.54, 1.807) is 13.2 Å². The van der Waals surface area contributed by atoms with Gasteiger partial charge in [0.05, 0.1) is 12.7 Å². The molecule has 1 saturated heterocycles. The van der Waals surface area contributed by atoms with Crippen LogP contribution in [0.15, 0.2) is 39.9 Å². The van der Waals surface area contributed by atoms with Gasteiger partial charge < -0.3 is 20.0 Å². The van der Waals surface area contributed by atoms with Gasteiger partial charge in [0, 0.05) is 37.7 Å². The number of benzene rings is 1. The Labute approximate surface area is 166 Å². The van der Waals surface area contributed by atoms with E-state index in [2.05, 4.69) is 41.4 Å². The largest absolute Gasteiger partial charge is 0.443 e. The summed E-state index contributed by atoms with van der Waals surface area (Å²) >= 11 is 0. The number of hydrogen-bond acceptors (Lipinski definition) is 4. The molecule has 2 aromatic rings. The van der Waals surface area contributed by atoms with Gasteiger partial charge in [-0.1, -0.05) is 32.9 Å². The number of carbonyl (C=O) groups excluding carboxylic acids is 1. The second-order valence-electron chi connectivity index (χ2n) is 7.96. The van der Waals surface area contributed by atoms with Gasteiger partial charge in [-0.05, 0) is 24.1 Å². The molecule has 28 heavy (non-hydrogen) atoms. The first-order valence-electron chi connectivity index (χ1n) is 9.66. The monoisotopic (exact) mass is 383 g/mol. The predicted molar refractivity (Wildman–Crippen MR) is 110 cm³/mol. The molecule has 0 saturated carbocycles. The first kappa shape index (κ1) is 19.9. The van der Waals surface area contributed by atoms with Crippen LogP contribution < -0.4 is 15.5 Å². The summed E-state index contributed by atoms with van der Waals surface area (Å²) in [6.45, 7) is 8.19. The lowest BCUT2D eigenvalue weighted by atomic mass is 9.94. The van der Waals surface area contributed by atoms with Crippen molar-refractivity contribution in [3.63, 3.8) is 0 Å². The van der Waals surface area contributed by atoms with Crippen molar-refractivity contribution in [3.05, 3.63) is 47.7 Å². The van der Waals surface area contributed by atoms with E-state index in [-0.39, 0.29) is 11.3 Å². The fraction of sp³-hybridized carbons (Fsp3) is 0.476. The first-order chi connectivity index (χ1) is 13.4. The number of nitrogens with zero attached hydrogens (tertiary/aromatic N) is 3. The van der Waals surface area contributed by atoms with E-state index in [0.29, 0.717) is 31.4 Å². The zero-order chi connectivity index (χ0) is 20.1. The zero-order valence-corrected chi connectivity index (χ0v) is 17.1. The van der Waals surface area contributed by atoms with Gasteiger partial charge in [0.15, 0.2) is 5.96 Å². The Balaban J connectivity index is 1.50. The van der Waals surface area contributed by atoms with Crippen molar-refractivity contribution in [2.45, 2.75) is 52.1 Å². The Bertz CT molecular complexity index is 833. The van der Waals surface area contributed by atoms with Crippen LogP contribution in [-0.2, 0) is 23.3 Å². The molecule has 1 fully saturated rings. The fourth-order valence-corrected chi connectivity index (χ4v) is 3.02. The normalized spacial score (nSPS) is 15.2. The van der Waals surface area contributed by atoms with Gasteiger partial charge >= 0.3 is 0 Å². The number of anilines is 1. The van der Waals surface area contributed by atoms with Crippen LogP contribution in [0, 0.1) is 0 Å². The molecule has 3 rings (SSSR count). The van der Waals surface area contributed by atoms with Gasteiger partial charge in [-0.2, -0.15) is 0 Å². The van der Waals surface area contributed by atoms with Crippen LogP contribution in [0.25, 0.3) is 0 Å². The molecule has 150 valence electrons. The summed E-state index contributed by atoms with van der Waals surface area (Å²) in [7, 11) is 1.73. The summed E-state index contributed by atoms with van der Waals surface area (Å²) < 4.78 is 5.79. The van der Waals surface area contributed by atoms with Gasteiger partial charge in [-0.3, -0.25) is 9.79 Å². The number of hydrogen-bond donors (Lipinski definition) is 2. The third kappa shape index (κ3) is 4.91. The maximum absolute atomic E-state index is 11.8. The molecule has 7 nitrogen and oxygen atoms in total. The first-order valence-corrected chi connectivity index (χ1v) is 9.66. The van der Waals surface area contributed by atoms with Crippen LogP contribution in [0.1, 0.15) is 50.8 Å². The number of guanidine groups is 1. The van der Waals surface area contributed by atoms with Crippen molar-refractivity contribution in [1.82, 2.24) is 15.6 Å². The van der Waals surface area contributed by atoms with Crippen LogP contribution in [0.5, 0.6) is 0 Å². The van der Waals surface area contributed by atoms with Gasteiger partial charge in [-0.25, -0.2) is 4.98 Å².